The van der Waals surface area contributed by atoms with Crippen molar-refractivity contribution < 1.29 is 19.4 Å². The first-order valence-corrected chi connectivity index (χ1v) is 8.68. The summed E-state index contributed by atoms with van der Waals surface area (Å²) in [5.41, 5.74) is 2.00. The Morgan fingerprint density at radius 1 is 1.19 bits per heavy atom. The maximum atomic E-state index is 12.1. The molecule has 138 valence electrons. The van der Waals surface area contributed by atoms with Gasteiger partial charge in [0.15, 0.2) is 11.5 Å². The summed E-state index contributed by atoms with van der Waals surface area (Å²) in [6.07, 6.45) is -0.00610. The minimum absolute atomic E-state index is 0.107. The number of aliphatic hydroxyl groups excluding tert-OH is 1. The van der Waals surface area contributed by atoms with Crippen molar-refractivity contribution >= 4 is 5.91 Å². The van der Waals surface area contributed by atoms with Crippen LogP contribution in [0.5, 0.6) is 11.5 Å². The molecule has 0 aromatic heterocycles. The highest BCUT2D eigenvalue weighted by atomic mass is 16.5. The summed E-state index contributed by atoms with van der Waals surface area (Å²) in [6, 6.07) is 15.2. The molecular weight excluding hydrogens is 332 g/mol. The van der Waals surface area contributed by atoms with Gasteiger partial charge in [0, 0.05) is 13.1 Å². The lowest BCUT2D eigenvalue weighted by atomic mass is 10.1. The molecule has 1 aliphatic rings. The van der Waals surface area contributed by atoms with Gasteiger partial charge in [0.2, 0.25) is 5.91 Å². The SMILES string of the molecule is COc1cc(CNC(=O)[C@H]2C[C@@H](O)CN2)ccc1OCc1ccccc1. The zero-order valence-electron chi connectivity index (χ0n) is 14.8. The molecular formula is C20H24N2O4. The van der Waals surface area contributed by atoms with E-state index in [4.69, 9.17) is 9.47 Å². The van der Waals surface area contributed by atoms with Crippen LogP contribution >= 0.6 is 0 Å². The largest absolute Gasteiger partial charge is 0.493 e. The molecule has 26 heavy (non-hydrogen) atoms. The van der Waals surface area contributed by atoms with Crippen LogP contribution in [0, 0.1) is 0 Å². The summed E-state index contributed by atoms with van der Waals surface area (Å²) < 4.78 is 11.2. The molecule has 0 radical (unpaired) electrons. The van der Waals surface area contributed by atoms with E-state index in [1.165, 1.54) is 0 Å². The van der Waals surface area contributed by atoms with Crippen molar-refractivity contribution in [2.24, 2.45) is 0 Å². The smallest absolute Gasteiger partial charge is 0.237 e. The Hall–Kier alpha value is -2.57. The highest BCUT2D eigenvalue weighted by molar-refractivity contribution is 5.82. The van der Waals surface area contributed by atoms with Gasteiger partial charge in [0.05, 0.1) is 19.3 Å². The maximum Gasteiger partial charge on any atom is 0.237 e. The summed E-state index contributed by atoms with van der Waals surface area (Å²) in [7, 11) is 1.59. The van der Waals surface area contributed by atoms with Gasteiger partial charge in [0.25, 0.3) is 0 Å². The van der Waals surface area contributed by atoms with E-state index in [0.29, 0.717) is 37.6 Å². The molecule has 0 aliphatic carbocycles. The van der Waals surface area contributed by atoms with Crippen molar-refractivity contribution in [2.75, 3.05) is 13.7 Å². The van der Waals surface area contributed by atoms with Gasteiger partial charge in [0.1, 0.15) is 6.61 Å². The fourth-order valence-electron chi connectivity index (χ4n) is 2.91. The van der Waals surface area contributed by atoms with E-state index in [0.717, 1.165) is 11.1 Å². The molecule has 1 heterocycles. The second kappa shape index (κ2) is 8.69. The number of carbonyl (C=O) groups excluding carboxylic acids is 1. The summed E-state index contributed by atoms with van der Waals surface area (Å²) in [4.78, 5) is 12.1. The number of carbonyl (C=O) groups is 1. The summed E-state index contributed by atoms with van der Waals surface area (Å²) in [5, 5.41) is 15.4. The van der Waals surface area contributed by atoms with Crippen molar-refractivity contribution in [3.05, 3.63) is 59.7 Å². The van der Waals surface area contributed by atoms with Crippen LogP contribution in [0.3, 0.4) is 0 Å². The predicted octanol–water partition coefficient (Wildman–Crippen LogP) is 1.61. The molecule has 3 N–H and O–H groups in total. The molecule has 1 saturated heterocycles. The van der Waals surface area contributed by atoms with E-state index in [1.54, 1.807) is 7.11 Å². The third-order valence-corrected chi connectivity index (χ3v) is 4.36. The molecule has 2 aromatic rings. The number of hydrogen-bond acceptors (Lipinski definition) is 5. The van der Waals surface area contributed by atoms with Gasteiger partial charge < -0.3 is 25.2 Å². The number of amides is 1. The molecule has 6 heteroatoms. The van der Waals surface area contributed by atoms with Crippen LogP contribution in [-0.4, -0.2) is 36.8 Å². The van der Waals surface area contributed by atoms with E-state index in [9.17, 15) is 9.90 Å². The number of ether oxygens (including phenoxy) is 2. The lowest BCUT2D eigenvalue weighted by Gasteiger charge is -2.14. The molecule has 2 aromatic carbocycles. The van der Waals surface area contributed by atoms with Crippen LogP contribution < -0.4 is 20.1 Å². The van der Waals surface area contributed by atoms with Gasteiger partial charge >= 0.3 is 0 Å². The van der Waals surface area contributed by atoms with Crippen molar-refractivity contribution in [1.82, 2.24) is 10.6 Å². The highest BCUT2D eigenvalue weighted by Crippen LogP contribution is 2.28. The number of aliphatic hydroxyl groups is 1. The molecule has 0 unspecified atom stereocenters. The van der Waals surface area contributed by atoms with Gasteiger partial charge in [-0.25, -0.2) is 0 Å². The Kier molecular flexibility index (Phi) is 6.09. The first-order chi connectivity index (χ1) is 12.7. The van der Waals surface area contributed by atoms with Gasteiger partial charge in [-0.05, 0) is 29.7 Å². The average Bonchev–Trinajstić information content (AvgIpc) is 3.12. The van der Waals surface area contributed by atoms with Crippen LogP contribution in [0.25, 0.3) is 0 Å². The van der Waals surface area contributed by atoms with E-state index < -0.39 is 6.10 Å². The molecule has 6 nitrogen and oxygen atoms in total. The Morgan fingerprint density at radius 2 is 2.00 bits per heavy atom. The average molecular weight is 356 g/mol. The van der Waals surface area contributed by atoms with Crippen LogP contribution in [0.2, 0.25) is 0 Å². The third-order valence-electron chi connectivity index (χ3n) is 4.36. The van der Waals surface area contributed by atoms with Crippen molar-refractivity contribution in [3.8, 4) is 11.5 Å². The standard InChI is InChI=1S/C20H24N2O4/c1-25-19-9-15(11-22-20(24)17-10-16(23)12-21-17)7-8-18(19)26-13-14-5-3-2-4-6-14/h2-9,16-17,21,23H,10-13H2,1H3,(H,22,24)/t16-,17-/m1/s1. The molecule has 1 aliphatic heterocycles. The molecule has 1 amide bonds. The van der Waals surface area contributed by atoms with E-state index in [-0.39, 0.29) is 11.9 Å². The van der Waals surface area contributed by atoms with Crippen LogP contribution in [-0.2, 0) is 17.9 Å². The molecule has 2 atom stereocenters. The molecule has 3 rings (SSSR count). The molecule has 0 spiro atoms. The first-order valence-electron chi connectivity index (χ1n) is 8.68. The van der Waals surface area contributed by atoms with E-state index >= 15 is 0 Å². The number of hydrogen-bond donors (Lipinski definition) is 3. The van der Waals surface area contributed by atoms with Crippen LogP contribution in [0.1, 0.15) is 17.5 Å². The Morgan fingerprint density at radius 3 is 2.69 bits per heavy atom. The minimum atomic E-state index is -0.452. The minimum Gasteiger partial charge on any atom is -0.493 e. The number of methoxy groups -OCH3 is 1. The number of rotatable bonds is 7. The van der Waals surface area contributed by atoms with E-state index in [2.05, 4.69) is 10.6 Å². The van der Waals surface area contributed by atoms with Crippen LogP contribution in [0.15, 0.2) is 48.5 Å². The van der Waals surface area contributed by atoms with Crippen molar-refractivity contribution in [3.63, 3.8) is 0 Å². The lowest BCUT2D eigenvalue weighted by Crippen LogP contribution is -2.40. The van der Waals surface area contributed by atoms with Crippen LogP contribution in [0.4, 0.5) is 0 Å². The van der Waals surface area contributed by atoms with Crippen molar-refractivity contribution in [2.45, 2.75) is 31.7 Å². The Bertz CT molecular complexity index is 736. The Balaban J connectivity index is 1.56. The topological polar surface area (TPSA) is 79.8 Å². The Labute approximate surface area is 153 Å². The maximum absolute atomic E-state index is 12.1. The normalized spacial score (nSPS) is 19.2. The van der Waals surface area contributed by atoms with Gasteiger partial charge in [-0.2, -0.15) is 0 Å². The van der Waals surface area contributed by atoms with Gasteiger partial charge in [-0.1, -0.05) is 36.4 Å². The summed E-state index contributed by atoms with van der Waals surface area (Å²) >= 11 is 0. The molecule has 0 saturated carbocycles. The predicted molar refractivity (Wildman–Crippen MR) is 98.0 cm³/mol. The fourth-order valence-corrected chi connectivity index (χ4v) is 2.91. The zero-order valence-corrected chi connectivity index (χ0v) is 14.8. The fraction of sp³-hybridized carbons (Fsp3) is 0.350. The lowest BCUT2D eigenvalue weighted by molar-refractivity contribution is -0.123. The third kappa shape index (κ3) is 4.74. The summed E-state index contributed by atoms with van der Waals surface area (Å²) in [5.74, 6) is 1.18. The monoisotopic (exact) mass is 356 g/mol. The van der Waals surface area contributed by atoms with Gasteiger partial charge in [-0.3, -0.25) is 4.79 Å². The number of benzene rings is 2. The molecule has 0 bridgehead atoms. The number of β-amino-alcohol motifs (C(OH)–C–C–N with tert-alkyl or cyclic N) is 1. The quantitative estimate of drug-likeness (QED) is 0.702. The first kappa shape index (κ1) is 18.2. The van der Waals surface area contributed by atoms with Gasteiger partial charge in [-0.15, -0.1) is 0 Å². The summed E-state index contributed by atoms with van der Waals surface area (Å²) in [6.45, 7) is 1.31. The zero-order chi connectivity index (χ0) is 18.4. The van der Waals surface area contributed by atoms with E-state index in [1.807, 2.05) is 48.5 Å². The molecule has 1 fully saturated rings. The number of nitrogens with one attached hydrogen (secondary N) is 2. The second-order valence-electron chi connectivity index (χ2n) is 6.33. The highest BCUT2D eigenvalue weighted by Gasteiger charge is 2.27. The van der Waals surface area contributed by atoms with Crippen molar-refractivity contribution in [1.29, 1.82) is 0 Å². The second-order valence-corrected chi connectivity index (χ2v) is 6.33.